The maximum atomic E-state index is 12.9. The summed E-state index contributed by atoms with van der Waals surface area (Å²) in [5.41, 5.74) is 2.74. The van der Waals surface area contributed by atoms with Gasteiger partial charge in [-0.1, -0.05) is 29.8 Å². The van der Waals surface area contributed by atoms with Crippen LogP contribution in [0.15, 0.2) is 48.5 Å². The molecule has 2 aliphatic rings. The van der Waals surface area contributed by atoms with Crippen LogP contribution in [0.1, 0.15) is 35.2 Å². The minimum absolute atomic E-state index is 0.0444. The monoisotopic (exact) mass is 421 g/mol. The van der Waals surface area contributed by atoms with E-state index in [9.17, 15) is 14.4 Å². The van der Waals surface area contributed by atoms with Crippen LogP contribution in [0.25, 0.3) is 0 Å². The third-order valence-electron chi connectivity index (χ3n) is 5.79. The topological polar surface area (TPSA) is 87.7 Å². The van der Waals surface area contributed by atoms with Gasteiger partial charge in [0.15, 0.2) is 0 Å². The summed E-state index contributed by atoms with van der Waals surface area (Å²) in [4.78, 5) is 39.7. The molecule has 4 rings (SSSR count). The molecule has 2 atom stereocenters. The average molecular weight is 421 g/mol. The molecule has 0 aliphatic carbocycles. The number of carbonyl (C=O) groups is 3. The quantitative estimate of drug-likeness (QED) is 0.751. The molecular formula is C24H27N3O4. The molecule has 0 saturated carbocycles. The van der Waals surface area contributed by atoms with Crippen molar-refractivity contribution >= 4 is 29.1 Å². The van der Waals surface area contributed by atoms with Crippen LogP contribution >= 0.6 is 0 Å². The summed E-state index contributed by atoms with van der Waals surface area (Å²) in [7, 11) is 0. The number of nitrogens with one attached hydrogen (secondary N) is 2. The van der Waals surface area contributed by atoms with E-state index in [1.165, 1.54) is 0 Å². The Kier molecular flexibility index (Phi) is 6.32. The fourth-order valence-corrected chi connectivity index (χ4v) is 3.99. The van der Waals surface area contributed by atoms with Crippen LogP contribution in [0.4, 0.5) is 11.4 Å². The first-order chi connectivity index (χ1) is 15.0. The van der Waals surface area contributed by atoms with E-state index >= 15 is 0 Å². The van der Waals surface area contributed by atoms with Crippen LogP contribution in [0, 0.1) is 12.8 Å². The molecule has 2 unspecified atom stereocenters. The van der Waals surface area contributed by atoms with Gasteiger partial charge in [-0.3, -0.25) is 14.4 Å². The number of aryl methyl sites for hydroxylation is 1. The lowest BCUT2D eigenvalue weighted by Crippen LogP contribution is -2.33. The zero-order chi connectivity index (χ0) is 21.8. The van der Waals surface area contributed by atoms with Gasteiger partial charge in [0.05, 0.1) is 23.3 Å². The van der Waals surface area contributed by atoms with Gasteiger partial charge in [-0.25, -0.2) is 0 Å². The van der Waals surface area contributed by atoms with Crippen LogP contribution in [0.2, 0.25) is 0 Å². The molecule has 31 heavy (non-hydrogen) atoms. The normalized spacial score (nSPS) is 20.7. The molecule has 2 aliphatic heterocycles. The average Bonchev–Trinajstić information content (AvgIpc) is 3.43. The molecule has 0 radical (unpaired) electrons. The summed E-state index contributed by atoms with van der Waals surface area (Å²) in [6, 6.07) is 14.6. The molecule has 2 aromatic rings. The van der Waals surface area contributed by atoms with Gasteiger partial charge >= 0.3 is 0 Å². The third-order valence-corrected chi connectivity index (χ3v) is 5.79. The Morgan fingerprint density at radius 3 is 2.65 bits per heavy atom. The van der Waals surface area contributed by atoms with Gasteiger partial charge in [-0.05, 0) is 44.0 Å². The Bertz CT molecular complexity index is 967. The van der Waals surface area contributed by atoms with Crippen molar-refractivity contribution in [3.8, 4) is 0 Å². The fourth-order valence-electron chi connectivity index (χ4n) is 3.99. The zero-order valence-electron chi connectivity index (χ0n) is 17.6. The Hall–Kier alpha value is -3.19. The molecule has 0 bridgehead atoms. The second-order valence-corrected chi connectivity index (χ2v) is 8.12. The van der Waals surface area contributed by atoms with Crippen molar-refractivity contribution in [2.24, 2.45) is 5.92 Å². The van der Waals surface area contributed by atoms with E-state index in [1.54, 1.807) is 29.2 Å². The van der Waals surface area contributed by atoms with E-state index < -0.39 is 5.92 Å². The SMILES string of the molecule is Cc1ccc(N2CC(C(=O)Nc3ccccc3C(=O)NCC3CCCO3)CC2=O)cc1. The molecule has 7 nitrogen and oxygen atoms in total. The van der Waals surface area contributed by atoms with E-state index in [4.69, 9.17) is 4.74 Å². The predicted molar refractivity (Wildman–Crippen MR) is 118 cm³/mol. The number of anilines is 2. The van der Waals surface area contributed by atoms with E-state index in [2.05, 4.69) is 10.6 Å². The smallest absolute Gasteiger partial charge is 0.253 e. The lowest BCUT2D eigenvalue weighted by atomic mass is 10.1. The maximum absolute atomic E-state index is 12.9. The summed E-state index contributed by atoms with van der Waals surface area (Å²) in [5, 5.41) is 5.74. The summed E-state index contributed by atoms with van der Waals surface area (Å²) >= 11 is 0. The molecule has 7 heteroatoms. The van der Waals surface area contributed by atoms with Crippen molar-refractivity contribution in [3.63, 3.8) is 0 Å². The van der Waals surface area contributed by atoms with Gasteiger partial charge in [-0.2, -0.15) is 0 Å². The molecule has 2 aromatic carbocycles. The second-order valence-electron chi connectivity index (χ2n) is 8.12. The summed E-state index contributed by atoms with van der Waals surface area (Å²) in [6.07, 6.45) is 2.13. The van der Waals surface area contributed by atoms with E-state index in [-0.39, 0.29) is 30.2 Å². The molecule has 2 saturated heterocycles. The largest absolute Gasteiger partial charge is 0.376 e. The minimum atomic E-state index is -0.475. The number of nitrogens with zero attached hydrogens (tertiary/aromatic N) is 1. The van der Waals surface area contributed by atoms with Crippen molar-refractivity contribution in [1.29, 1.82) is 0 Å². The van der Waals surface area contributed by atoms with Crippen LogP contribution in [0.5, 0.6) is 0 Å². The van der Waals surface area contributed by atoms with Crippen molar-refractivity contribution in [3.05, 3.63) is 59.7 Å². The number of benzene rings is 2. The number of hydrogen-bond donors (Lipinski definition) is 2. The summed E-state index contributed by atoms with van der Waals surface area (Å²) in [6.45, 7) is 3.48. The van der Waals surface area contributed by atoms with Crippen molar-refractivity contribution in [2.75, 3.05) is 29.9 Å². The number of amides is 3. The van der Waals surface area contributed by atoms with Gasteiger partial charge < -0.3 is 20.3 Å². The zero-order valence-corrected chi connectivity index (χ0v) is 17.6. The summed E-state index contributed by atoms with van der Waals surface area (Å²) < 4.78 is 5.54. The predicted octanol–water partition coefficient (Wildman–Crippen LogP) is 2.90. The highest BCUT2D eigenvalue weighted by atomic mass is 16.5. The Morgan fingerprint density at radius 2 is 1.90 bits per heavy atom. The molecular weight excluding hydrogens is 394 g/mol. The van der Waals surface area contributed by atoms with Crippen molar-refractivity contribution in [1.82, 2.24) is 5.32 Å². The lowest BCUT2D eigenvalue weighted by Gasteiger charge is -2.17. The minimum Gasteiger partial charge on any atom is -0.376 e. The van der Waals surface area contributed by atoms with Crippen LogP contribution in [-0.4, -0.2) is 43.5 Å². The molecule has 2 heterocycles. The first kappa shape index (κ1) is 21.1. The van der Waals surface area contributed by atoms with Crippen LogP contribution in [-0.2, 0) is 14.3 Å². The number of ether oxygens (including phenoxy) is 1. The molecule has 162 valence electrons. The van der Waals surface area contributed by atoms with Gasteiger partial charge in [-0.15, -0.1) is 0 Å². The standard InChI is InChI=1S/C24H27N3O4/c1-16-8-10-18(11-9-16)27-15-17(13-22(27)28)23(29)26-21-7-3-2-6-20(21)24(30)25-14-19-5-4-12-31-19/h2-3,6-11,17,19H,4-5,12-15H2,1H3,(H,25,30)(H,26,29). The van der Waals surface area contributed by atoms with Crippen molar-refractivity contribution < 1.29 is 19.1 Å². The number of para-hydroxylation sites is 1. The van der Waals surface area contributed by atoms with Gasteiger partial charge in [0.1, 0.15) is 0 Å². The lowest BCUT2D eigenvalue weighted by molar-refractivity contribution is -0.122. The highest BCUT2D eigenvalue weighted by Crippen LogP contribution is 2.27. The third kappa shape index (κ3) is 4.94. The first-order valence-corrected chi connectivity index (χ1v) is 10.7. The van der Waals surface area contributed by atoms with Crippen molar-refractivity contribution in [2.45, 2.75) is 32.3 Å². The fraction of sp³-hybridized carbons (Fsp3) is 0.375. The van der Waals surface area contributed by atoms with Crippen LogP contribution in [0.3, 0.4) is 0 Å². The Balaban J connectivity index is 1.40. The number of hydrogen-bond acceptors (Lipinski definition) is 4. The van der Waals surface area contributed by atoms with E-state index in [0.717, 1.165) is 30.7 Å². The Labute approximate surface area is 181 Å². The maximum Gasteiger partial charge on any atom is 0.253 e. The highest BCUT2D eigenvalue weighted by molar-refractivity contribution is 6.07. The van der Waals surface area contributed by atoms with E-state index in [0.29, 0.717) is 24.3 Å². The molecule has 3 amide bonds. The van der Waals surface area contributed by atoms with Gasteiger partial charge in [0.25, 0.3) is 5.91 Å². The highest BCUT2D eigenvalue weighted by Gasteiger charge is 2.35. The van der Waals surface area contributed by atoms with Gasteiger partial charge in [0, 0.05) is 31.8 Å². The summed E-state index contributed by atoms with van der Waals surface area (Å²) in [5.74, 6) is -1.07. The number of rotatable bonds is 6. The van der Waals surface area contributed by atoms with Crippen LogP contribution < -0.4 is 15.5 Å². The van der Waals surface area contributed by atoms with E-state index in [1.807, 2.05) is 31.2 Å². The Morgan fingerprint density at radius 1 is 1.13 bits per heavy atom. The first-order valence-electron chi connectivity index (χ1n) is 10.7. The molecule has 2 N–H and O–H groups in total. The molecule has 0 aromatic heterocycles. The second kappa shape index (κ2) is 9.31. The molecule has 0 spiro atoms. The van der Waals surface area contributed by atoms with Gasteiger partial charge in [0.2, 0.25) is 11.8 Å². The molecule has 2 fully saturated rings. The number of carbonyl (C=O) groups excluding carboxylic acids is 3.